The molecule has 97 valence electrons. The minimum absolute atomic E-state index is 0.118. The molecular weight excluding hydrogens is 252 g/mol. The van der Waals surface area contributed by atoms with Crippen LogP contribution in [0.15, 0.2) is 24.3 Å². The van der Waals surface area contributed by atoms with Gasteiger partial charge in [0.05, 0.1) is 5.56 Å². The number of rotatable bonds is 1. The standard InChI is InChI=1S/C13H16ClN2O2/c1-12(2)13(3,4)16(18)11(15(12)17)9-6-5-7-10(14)8-9/h5-8H,1-4H3. The molecule has 0 saturated carbocycles. The second-order valence-corrected chi connectivity index (χ2v) is 5.98. The average molecular weight is 268 g/mol. The zero-order chi connectivity index (χ0) is 13.7. The third-order valence-electron chi connectivity index (χ3n) is 3.98. The van der Waals surface area contributed by atoms with Gasteiger partial charge in [-0.05, 0) is 45.9 Å². The summed E-state index contributed by atoms with van der Waals surface area (Å²) < 4.78 is 0.783. The fourth-order valence-electron chi connectivity index (χ4n) is 1.97. The Morgan fingerprint density at radius 3 is 2.33 bits per heavy atom. The Hall–Kier alpha value is -1.26. The number of hydrogen-bond donors (Lipinski definition) is 0. The maximum Gasteiger partial charge on any atom is 0.316 e. The van der Waals surface area contributed by atoms with Crippen molar-refractivity contribution >= 4 is 17.4 Å². The van der Waals surface area contributed by atoms with Crippen LogP contribution >= 0.6 is 11.6 Å². The lowest BCUT2D eigenvalue weighted by molar-refractivity contribution is -0.539. The van der Waals surface area contributed by atoms with Crippen LogP contribution in [0.25, 0.3) is 0 Å². The highest BCUT2D eigenvalue weighted by Crippen LogP contribution is 2.37. The van der Waals surface area contributed by atoms with E-state index < -0.39 is 11.1 Å². The van der Waals surface area contributed by atoms with E-state index in [9.17, 15) is 10.4 Å². The summed E-state index contributed by atoms with van der Waals surface area (Å²) in [6, 6.07) is 6.78. The molecule has 5 heteroatoms. The summed E-state index contributed by atoms with van der Waals surface area (Å²) in [6.45, 7) is 7.07. The molecule has 0 unspecified atom stereocenters. The van der Waals surface area contributed by atoms with E-state index in [-0.39, 0.29) is 5.84 Å². The molecule has 1 aromatic rings. The Balaban J connectivity index is 2.61. The van der Waals surface area contributed by atoms with Gasteiger partial charge in [0.2, 0.25) is 0 Å². The van der Waals surface area contributed by atoms with Crippen molar-refractivity contribution in [3.05, 3.63) is 40.1 Å². The van der Waals surface area contributed by atoms with E-state index in [1.165, 1.54) is 0 Å². The molecule has 0 saturated heterocycles. The van der Waals surface area contributed by atoms with Crippen LogP contribution in [0.2, 0.25) is 5.02 Å². The maximum absolute atomic E-state index is 12.4. The SMILES string of the molecule is CC1(C)N([O])C(c2cccc(Cl)c2)=[N+]([O-])C1(C)C. The van der Waals surface area contributed by atoms with E-state index in [2.05, 4.69) is 0 Å². The van der Waals surface area contributed by atoms with E-state index in [1.807, 2.05) is 0 Å². The largest absolute Gasteiger partial charge is 0.714 e. The lowest BCUT2D eigenvalue weighted by Crippen LogP contribution is -2.53. The molecule has 0 bridgehead atoms. The summed E-state index contributed by atoms with van der Waals surface area (Å²) in [7, 11) is 0. The molecule has 2 rings (SSSR count). The fraction of sp³-hybridized carbons (Fsp3) is 0.462. The minimum Gasteiger partial charge on any atom is -0.714 e. The van der Waals surface area contributed by atoms with E-state index in [0.717, 1.165) is 9.80 Å². The van der Waals surface area contributed by atoms with Gasteiger partial charge in [0, 0.05) is 10.2 Å². The van der Waals surface area contributed by atoms with Gasteiger partial charge in [0.25, 0.3) is 0 Å². The summed E-state index contributed by atoms with van der Waals surface area (Å²) in [5.74, 6) is 0.118. The van der Waals surface area contributed by atoms with Gasteiger partial charge >= 0.3 is 5.84 Å². The van der Waals surface area contributed by atoms with Crippen LogP contribution in [0, 0.1) is 5.21 Å². The minimum atomic E-state index is -0.799. The van der Waals surface area contributed by atoms with Crippen molar-refractivity contribution in [2.75, 3.05) is 0 Å². The third kappa shape index (κ3) is 1.60. The lowest BCUT2D eigenvalue weighted by Gasteiger charge is -2.32. The molecule has 18 heavy (non-hydrogen) atoms. The van der Waals surface area contributed by atoms with Gasteiger partial charge in [0.15, 0.2) is 5.54 Å². The fourth-order valence-corrected chi connectivity index (χ4v) is 2.16. The number of benzene rings is 1. The zero-order valence-corrected chi connectivity index (χ0v) is 11.7. The number of nitrogens with zero attached hydrogens (tertiary/aromatic N) is 2. The predicted octanol–water partition coefficient (Wildman–Crippen LogP) is 2.82. The van der Waals surface area contributed by atoms with Crippen molar-refractivity contribution in [1.29, 1.82) is 0 Å². The Labute approximate surface area is 112 Å². The van der Waals surface area contributed by atoms with Crippen LogP contribution in [0.5, 0.6) is 0 Å². The van der Waals surface area contributed by atoms with Crippen LogP contribution in [0.1, 0.15) is 33.3 Å². The van der Waals surface area contributed by atoms with E-state index in [4.69, 9.17) is 11.6 Å². The molecule has 1 aromatic carbocycles. The predicted molar refractivity (Wildman–Crippen MR) is 69.9 cm³/mol. The summed E-state index contributed by atoms with van der Waals surface area (Å²) in [5, 5.41) is 26.0. The molecule has 1 aliphatic heterocycles. The summed E-state index contributed by atoms with van der Waals surface area (Å²) in [4.78, 5) is 0. The summed E-state index contributed by atoms with van der Waals surface area (Å²) >= 11 is 5.91. The van der Waals surface area contributed by atoms with Crippen LogP contribution in [0.4, 0.5) is 0 Å². The molecule has 0 fully saturated rings. The summed E-state index contributed by atoms with van der Waals surface area (Å²) in [5.41, 5.74) is -1.05. The van der Waals surface area contributed by atoms with Crippen molar-refractivity contribution in [2.24, 2.45) is 0 Å². The number of hydrogen-bond acceptors (Lipinski definition) is 2. The van der Waals surface area contributed by atoms with Gasteiger partial charge < -0.3 is 5.21 Å². The van der Waals surface area contributed by atoms with Gasteiger partial charge in [0.1, 0.15) is 5.54 Å². The Morgan fingerprint density at radius 1 is 1.28 bits per heavy atom. The first-order valence-corrected chi connectivity index (χ1v) is 6.15. The van der Waals surface area contributed by atoms with Crippen LogP contribution in [0.3, 0.4) is 0 Å². The van der Waals surface area contributed by atoms with Gasteiger partial charge in [-0.2, -0.15) is 0 Å². The molecule has 0 atom stereocenters. The first kappa shape index (κ1) is 13.2. The molecule has 0 spiro atoms. The van der Waals surface area contributed by atoms with E-state index >= 15 is 0 Å². The smallest absolute Gasteiger partial charge is 0.316 e. The molecule has 0 aliphatic carbocycles. The lowest BCUT2D eigenvalue weighted by atomic mass is 9.84. The van der Waals surface area contributed by atoms with Crippen molar-refractivity contribution in [3.8, 4) is 0 Å². The Morgan fingerprint density at radius 2 is 1.89 bits per heavy atom. The van der Waals surface area contributed by atoms with Crippen LogP contribution in [-0.2, 0) is 5.21 Å². The molecule has 0 amide bonds. The van der Waals surface area contributed by atoms with E-state index in [0.29, 0.717) is 10.6 Å². The highest BCUT2D eigenvalue weighted by Gasteiger charge is 2.59. The highest BCUT2D eigenvalue weighted by atomic mass is 35.5. The van der Waals surface area contributed by atoms with Gasteiger partial charge in [-0.15, -0.1) is 0 Å². The topological polar surface area (TPSA) is 49.2 Å². The molecule has 0 aromatic heterocycles. The molecular formula is C13H16ClN2O2. The van der Waals surface area contributed by atoms with Crippen molar-refractivity contribution < 1.29 is 9.95 Å². The second-order valence-electron chi connectivity index (χ2n) is 5.54. The molecule has 1 heterocycles. The Kier molecular flexibility index (Phi) is 2.83. The van der Waals surface area contributed by atoms with Crippen molar-refractivity contribution in [1.82, 2.24) is 5.06 Å². The molecule has 4 nitrogen and oxygen atoms in total. The van der Waals surface area contributed by atoms with Gasteiger partial charge in [-0.3, -0.25) is 4.74 Å². The molecule has 0 N–H and O–H groups in total. The number of halogens is 1. The van der Waals surface area contributed by atoms with Gasteiger partial charge in [-0.1, -0.05) is 22.7 Å². The van der Waals surface area contributed by atoms with Gasteiger partial charge in [-0.25, -0.2) is 0 Å². The molecule has 1 radical (unpaired) electrons. The first-order valence-electron chi connectivity index (χ1n) is 5.77. The highest BCUT2D eigenvalue weighted by molar-refractivity contribution is 6.31. The van der Waals surface area contributed by atoms with Crippen LogP contribution < -0.4 is 0 Å². The van der Waals surface area contributed by atoms with Crippen molar-refractivity contribution in [3.63, 3.8) is 0 Å². The molecule has 1 aliphatic rings. The number of hydroxylamine groups is 3. The van der Waals surface area contributed by atoms with Crippen molar-refractivity contribution in [2.45, 2.75) is 38.8 Å². The first-order chi connectivity index (χ1) is 8.19. The monoisotopic (exact) mass is 267 g/mol. The second kappa shape index (κ2) is 3.87. The maximum atomic E-state index is 12.4. The van der Waals surface area contributed by atoms with E-state index in [1.54, 1.807) is 52.0 Å². The quantitative estimate of drug-likeness (QED) is 0.580. The normalized spacial score (nSPS) is 21.6. The zero-order valence-electron chi connectivity index (χ0n) is 10.9. The third-order valence-corrected chi connectivity index (χ3v) is 4.22. The number of amidine groups is 1. The summed E-state index contributed by atoms with van der Waals surface area (Å²) in [6.07, 6.45) is 0. The average Bonchev–Trinajstić information content (AvgIpc) is 2.38. The van der Waals surface area contributed by atoms with Crippen LogP contribution in [-0.4, -0.2) is 26.7 Å². The Bertz CT molecular complexity index is 523.